The Morgan fingerprint density at radius 3 is 1.20 bits per heavy atom. The molecule has 0 radical (unpaired) electrons. The molecule has 0 aliphatic carbocycles. The Morgan fingerprint density at radius 2 is 0.867 bits per heavy atom. The molecule has 3 heterocycles. The molecule has 0 amide bonds. The van der Waals surface area contributed by atoms with E-state index in [0.29, 0.717) is 0 Å². The van der Waals surface area contributed by atoms with Crippen molar-refractivity contribution in [2.24, 2.45) is 0 Å². The maximum Gasteiger partial charge on any atom is 0.115 e. The summed E-state index contributed by atoms with van der Waals surface area (Å²) in [7, 11) is 0. The highest BCUT2D eigenvalue weighted by Crippen LogP contribution is 2.38. The van der Waals surface area contributed by atoms with Gasteiger partial charge >= 0.3 is 0 Å². The number of hydrogen-bond acceptors (Lipinski definition) is 4. The van der Waals surface area contributed by atoms with E-state index in [4.69, 9.17) is 0 Å². The molecule has 4 heteroatoms. The van der Waals surface area contributed by atoms with Crippen LogP contribution in [0.2, 0.25) is 0 Å². The van der Waals surface area contributed by atoms with Crippen molar-refractivity contribution in [1.29, 1.82) is 0 Å². The molecule has 3 aliphatic rings. The van der Waals surface area contributed by atoms with Crippen LogP contribution in [0.4, 0.5) is 11.4 Å². The topological polar surface area (TPSA) is 13.0 Å². The third-order valence-electron chi connectivity index (χ3n) is 6.31. The van der Waals surface area contributed by atoms with Crippen LogP contribution >= 0.6 is 0 Å². The van der Waals surface area contributed by atoms with E-state index in [-0.39, 0.29) is 0 Å². The monoisotopic (exact) mass is 398 g/mol. The highest BCUT2D eigenvalue weighted by molar-refractivity contribution is 5.65. The highest BCUT2D eigenvalue weighted by Gasteiger charge is 2.35. The molecule has 0 fully saturated rings. The second-order valence-electron chi connectivity index (χ2n) is 8.96. The van der Waals surface area contributed by atoms with Crippen molar-refractivity contribution < 1.29 is 0 Å². The van der Waals surface area contributed by atoms with Gasteiger partial charge in [0.25, 0.3) is 0 Å². The molecule has 0 bridgehead atoms. The van der Waals surface area contributed by atoms with E-state index in [0.717, 1.165) is 13.3 Å². The molecule has 0 unspecified atom stereocenters. The number of hydrazine groups is 1. The van der Waals surface area contributed by atoms with Crippen LogP contribution < -0.4 is 9.80 Å². The molecular formula is C26H30N4. The van der Waals surface area contributed by atoms with Gasteiger partial charge in [-0.15, -0.1) is 0 Å². The quantitative estimate of drug-likeness (QED) is 0.656. The fraction of sp³-hybridized carbons (Fsp3) is 0.308. The lowest BCUT2D eigenvalue weighted by Gasteiger charge is -2.37. The number of nitrogens with zero attached hydrogens (tertiary/aromatic N) is 4. The van der Waals surface area contributed by atoms with Crippen LogP contribution in [0.3, 0.4) is 0 Å². The molecule has 0 saturated heterocycles. The first-order chi connectivity index (χ1) is 14.3. The Morgan fingerprint density at radius 1 is 0.533 bits per heavy atom. The molecule has 0 N–H and O–H groups in total. The second kappa shape index (κ2) is 6.69. The lowest BCUT2D eigenvalue weighted by Crippen LogP contribution is -2.44. The Bertz CT molecular complexity index is 1000. The first-order valence-electron chi connectivity index (χ1n) is 10.7. The summed E-state index contributed by atoms with van der Waals surface area (Å²) in [4.78, 5) is 4.77. The number of rotatable bonds is 2. The molecule has 2 aromatic rings. The number of allylic oxidation sites excluding steroid dienone is 2. The van der Waals surface area contributed by atoms with E-state index in [9.17, 15) is 0 Å². The summed E-state index contributed by atoms with van der Waals surface area (Å²) in [6, 6.07) is 9.11. The number of benzene rings is 2. The first kappa shape index (κ1) is 18.9. The van der Waals surface area contributed by atoms with Crippen molar-refractivity contribution in [2.75, 3.05) is 23.1 Å². The molecule has 154 valence electrons. The molecule has 2 aromatic carbocycles. The van der Waals surface area contributed by atoms with Gasteiger partial charge < -0.3 is 9.80 Å². The van der Waals surface area contributed by atoms with Crippen molar-refractivity contribution in [3.05, 3.63) is 93.6 Å². The molecule has 3 aliphatic heterocycles. The predicted octanol–water partition coefficient (Wildman–Crippen LogP) is 5.56. The first-order valence-corrected chi connectivity index (χ1v) is 10.7. The van der Waals surface area contributed by atoms with Gasteiger partial charge in [0.1, 0.15) is 13.3 Å². The largest absolute Gasteiger partial charge is 0.325 e. The summed E-state index contributed by atoms with van der Waals surface area (Å²) >= 11 is 0. The maximum absolute atomic E-state index is 2.39. The lowest BCUT2D eigenvalue weighted by atomic mass is 10.0. The van der Waals surface area contributed by atoms with Gasteiger partial charge in [0, 0.05) is 23.8 Å². The minimum absolute atomic E-state index is 0.835. The van der Waals surface area contributed by atoms with Crippen LogP contribution in [0.15, 0.2) is 60.2 Å². The summed E-state index contributed by atoms with van der Waals surface area (Å²) in [6.07, 6.45) is 9.03. The highest BCUT2D eigenvalue weighted by atomic mass is 15.7. The third kappa shape index (κ3) is 2.90. The number of hydrogen-bond donors (Lipinski definition) is 0. The van der Waals surface area contributed by atoms with E-state index < -0.39 is 0 Å². The summed E-state index contributed by atoms with van der Waals surface area (Å²) in [6.45, 7) is 14.9. The Hall–Kier alpha value is -3.14. The van der Waals surface area contributed by atoms with Gasteiger partial charge in [-0.05, 0) is 75.9 Å². The van der Waals surface area contributed by atoms with Gasteiger partial charge in [-0.25, -0.2) is 0 Å². The Labute approximate surface area is 180 Å². The minimum Gasteiger partial charge on any atom is -0.325 e. The van der Waals surface area contributed by atoms with Crippen LogP contribution in [-0.4, -0.2) is 23.4 Å². The Kier molecular flexibility index (Phi) is 4.21. The van der Waals surface area contributed by atoms with Gasteiger partial charge in [0.2, 0.25) is 0 Å². The molecule has 0 aromatic heterocycles. The van der Waals surface area contributed by atoms with E-state index in [1.54, 1.807) is 0 Å². The zero-order chi connectivity index (χ0) is 21.2. The van der Waals surface area contributed by atoms with Crippen LogP contribution in [-0.2, 0) is 0 Å². The molecular weight excluding hydrogens is 368 g/mol. The molecule has 0 saturated carbocycles. The molecule has 0 atom stereocenters. The van der Waals surface area contributed by atoms with E-state index in [2.05, 4.69) is 110 Å². The van der Waals surface area contributed by atoms with Crippen LogP contribution in [0.5, 0.6) is 0 Å². The summed E-state index contributed by atoms with van der Waals surface area (Å²) in [5.41, 5.74) is 13.1. The molecule has 0 spiro atoms. The fourth-order valence-electron chi connectivity index (χ4n) is 5.37. The molecule has 4 nitrogen and oxygen atoms in total. The summed E-state index contributed by atoms with van der Waals surface area (Å²) < 4.78 is 0. The van der Waals surface area contributed by atoms with Gasteiger partial charge in [-0.2, -0.15) is 0 Å². The number of aryl methyl sites for hydroxylation is 6. The van der Waals surface area contributed by atoms with Gasteiger partial charge in [-0.3, -0.25) is 10.0 Å². The van der Waals surface area contributed by atoms with Gasteiger partial charge in [0.05, 0.1) is 11.4 Å². The Balaban J connectivity index is 1.44. The SMILES string of the molecule is Cc1cc(C)c(N2C=C3C=CC4=CN(c5c(C)cc(C)cc5C)CN4N3C2)c(C)c1. The number of fused-ring (bicyclic) bond motifs is 3. The average molecular weight is 399 g/mol. The smallest absolute Gasteiger partial charge is 0.115 e. The van der Waals surface area contributed by atoms with Crippen molar-refractivity contribution in [3.63, 3.8) is 0 Å². The summed E-state index contributed by atoms with van der Waals surface area (Å²) in [5, 5.41) is 4.78. The van der Waals surface area contributed by atoms with Crippen molar-refractivity contribution in [2.45, 2.75) is 41.5 Å². The normalized spacial score (nSPS) is 17.4. The average Bonchev–Trinajstić information content (AvgIpc) is 3.23. The van der Waals surface area contributed by atoms with Crippen molar-refractivity contribution >= 4 is 11.4 Å². The fourth-order valence-corrected chi connectivity index (χ4v) is 5.37. The summed E-state index contributed by atoms with van der Waals surface area (Å²) in [5.74, 6) is 0. The third-order valence-corrected chi connectivity index (χ3v) is 6.31. The van der Waals surface area contributed by atoms with E-state index in [1.807, 2.05) is 0 Å². The second-order valence-corrected chi connectivity index (χ2v) is 8.96. The van der Waals surface area contributed by atoms with E-state index >= 15 is 0 Å². The zero-order valence-electron chi connectivity index (χ0n) is 18.8. The standard InChI is InChI=1S/C26H30N4/c1-17-9-19(3)25(20(4)10-17)27-13-23-7-8-24-14-28(16-30(24)29(23)15-27)26-21(5)11-18(2)12-22(26)6/h7-14H,15-16H2,1-6H3. The van der Waals surface area contributed by atoms with Gasteiger partial charge in [-0.1, -0.05) is 35.4 Å². The number of anilines is 2. The van der Waals surface area contributed by atoms with Crippen LogP contribution in [0.1, 0.15) is 33.4 Å². The molecule has 5 rings (SSSR count). The van der Waals surface area contributed by atoms with Crippen LogP contribution in [0.25, 0.3) is 0 Å². The zero-order valence-corrected chi connectivity index (χ0v) is 18.8. The maximum atomic E-state index is 2.39. The lowest BCUT2D eigenvalue weighted by molar-refractivity contribution is 0.0740. The van der Waals surface area contributed by atoms with Crippen molar-refractivity contribution in [1.82, 2.24) is 10.0 Å². The molecule has 30 heavy (non-hydrogen) atoms. The minimum atomic E-state index is 0.835. The van der Waals surface area contributed by atoms with Crippen molar-refractivity contribution in [3.8, 4) is 0 Å². The van der Waals surface area contributed by atoms with Crippen LogP contribution in [0, 0.1) is 41.5 Å². The van der Waals surface area contributed by atoms with Gasteiger partial charge in [0.15, 0.2) is 0 Å². The predicted molar refractivity (Wildman–Crippen MR) is 125 cm³/mol. The van der Waals surface area contributed by atoms with E-state index in [1.165, 1.54) is 56.1 Å².